The third-order valence-electron chi connectivity index (χ3n) is 4.05. The van der Waals surface area contributed by atoms with Crippen LogP contribution in [0.25, 0.3) is 0 Å². The monoisotopic (exact) mass is 527 g/mol. The van der Waals surface area contributed by atoms with Crippen LogP contribution >= 0.6 is 44.1 Å². The van der Waals surface area contributed by atoms with E-state index in [1.807, 2.05) is 43.3 Å². The predicted molar refractivity (Wildman–Crippen MR) is 126 cm³/mol. The number of nitrogens with one attached hydrogen (secondary N) is 2. The highest BCUT2D eigenvalue weighted by molar-refractivity contribution is 9.11. The van der Waals surface area contributed by atoms with Gasteiger partial charge in [-0.1, -0.05) is 15.9 Å². The molecule has 0 aliphatic heterocycles. The molecule has 0 aliphatic rings. The number of hydrogen-bond acceptors (Lipinski definition) is 4. The standard InChI is InChI=1S/C20H23Br2N3O2S/c1-4-25(5-2)16-8-6-15(7-9-16)23-20(28)24-18(26)12-27-19-13(3)10-14(21)11-17(19)22/h6-11H,4-5,12H2,1-3H3,(H2,23,24,26,28). The van der Waals surface area contributed by atoms with Crippen LogP contribution in [-0.2, 0) is 4.79 Å². The molecule has 2 aromatic carbocycles. The van der Waals surface area contributed by atoms with Gasteiger partial charge >= 0.3 is 0 Å². The van der Waals surface area contributed by atoms with Crippen molar-refractivity contribution >= 4 is 66.5 Å². The lowest BCUT2D eigenvalue weighted by atomic mass is 10.2. The molecule has 0 bridgehead atoms. The first-order valence-electron chi connectivity index (χ1n) is 8.88. The molecule has 0 radical (unpaired) electrons. The number of carbonyl (C=O) groups excluding carboxylic acids is 1. The number of nitrogens with zero attached hydrogens (tertiary/aromatic N) is 1. The van der Waals surface area contributed by atoms with Crippen LogP contribution in [0, 0.1) is 6.92 Å². The molecule has 150 valence electrons. The lowest BCUT2D eigenvalue weighted by Gasteiger charge is -2.21. The highest BCUT2D eigenvalue weighted by Gasteiger charge is 2.11. The van der Waals surface area contributed by atoms with Crippen molar-refractivity contribution in [1.29, 1.82) is 0 Å². The molecule has 0 heterocycles. The smallest absolute Gasteiger partial charge is 0.264 e. The van der Waals surface area contributed by atoms with E-state index in [1.165, 1.54) is 0 Å². The zero-order chi connectivity index (χ0) is 20.7. The van der Waals surface area contributed by atoms with Crippen LogP contribution in [0.15, 0.2) is 45.3 Å². The Labute approximate surface area is 188 Å². The second kappa shape index (κ2) is 10.8. The summed E-state index contributed by atoms with van der Waals surface area (Å²) < 4.78 is 7.34. The average Bonchev–Trinajstić information content (AvgIpc) is 2.63. The molecule has 28 heavy (non-hydrogen) atoms. The number of carbonyl (C=O) groups is 1. The molecule has 2 rings (SSSR count). The zero-order valence-corrected chi connectivity index (χ0v) is 20.0. The van der Waals surface area contributed by atoms with Gasteiger partial charge in [-0.15, -0.1) is 0 Å². The van der Waals surface area contributed by atoms with Crippen molar-refractivity contribution in [2.45, 2.75) is 20.8 Å². The molecule has 1 amide bonds. The Kier molecular flexibility index (Phi) is 8.72. The predicted octanol–water partition coefficient (Wildman–Crippen LogP) is 5.26. The molecular formula is C20H23Br2N3O2S. The maximum atomic E-state index is 12.1. The molecule has 0 unspecified atom stereocenters. The third kappa shape index (κ3) is 6.46. The summed E-state index contributed by atoms with van der Waals surface area (Å²) in [4.78, 5) is 14.4. The van der Waals surface area contributed by atoms with Crippen molar-refractivity contribution in [3.8, 4) is 5.75 Å². The molecule has 8 heteroatoms. The number of ether oxygens (including phenoxy) is 1. The largest absolute Gasteiger partial charge is 0.482 e. The maximum absolute atomic E-state index is 12.1. The summed E-state index contributed by atoms with van der Waals surface area (Å²) in [5.41, 5.74) is 2.88. The number of benzene rings is 2. The minimum atomic E-state index is -0.327. The van der Waals surface area contributed by atoms with Crippen LogP contribution in [0.3, 0.4) is 0 Å². The highest BCUT2D eigenvalue weighted by Crippen LogP contribution is 2.32. The van der Waals surface area contributed by atoms with Gasteiger partial charge in [-0.05, 0) is 90.9 Å². The maximum Gasteiger partial charge on any atom is 0.264 e. The number of hydrogen-bond donors (Lipinski definition) is 2. The Bertz CT molecular complexity index is 817. The summed E-state index contributed by atoms with van der Waals surface area (Å²) in [6, 6.07) is 11.7. The van der Waals surface area contributed by atoms with Crippen molar-refractivity contribution in [2.24, 2.45) is 0 Å². The molecule has 0 saturated heterocycles. The lowest BCUT2D eigenvalue weighted by molar-refractivity contribution is -0.121. The normalized spacial score (nSPS) is 10.3. The molecule has 2 aromatic rings. The van der Waals surface area contributed by atoms with Crippen molar-refractivity contribution in [2.75, 3.05) is 29.9 Å². The molecule has 0 spiro atoms. The Morgan fingerprint density at radius 3 is 2.36 bits per heavy atom. The Morgan fingerprint density at radius 1 is 1.14 bits per heavy atom. The topological polar surface area (TPSA) is 53.6 Å². The fraction of sp³-hybridized carbons (Fsp3) is 0.300. The summed E-state index contributed by atoms with van der Waals surface area (Å²) in [5, 5.41) is 5.88. The fourth-order valence-corrected chi connectivity index (χ4v) is 4.46. The van der Waals surface area contributed by atoms with E-state index in [4.69, 9.17) is 17.0 Å². The van der Waals surface area contributed by atoms with Gasteiger partial charge in [-0.25, -0.2) is 0 Å². The number of thiocarbonyl (C=S) groups is 1. The quantitative estimate of drug-likeness (QED) is 0.480. The van der Waals surface area contributed by atoms with Crippen LogP contribution in [-0.4, -0.2) is 30.7 Å². The SMILES string of the molecule is CCN(CC)c1ccc(NC(=S)NC(=O)COc2c(C)cc(Br)cc2Br)cc1. The Hall–Kier alpha value is -1.64. The average molecular weight is 529 g/mol. The van der Waals surface area contributed by atoms with E-state index in [0.717, 1.165) is 39.0 Å². The first-order chi connectivity index (χ1) is 13.3. The second-order valence-electron chi connectivity index (χ2n) is 6.04. The summed E-state index contributed by atoms with van der Waals surface area (Å²) >= 11 is 12.1. The van der Waals surface area contributed by atoms with Gasteiger partial charge in [0.25, 0.3) is 5.91 Å². The van der Waals surface area contributed by atoms with E-state index in [1.54, 1.807) is 0 Å². The Balaban J connectivity index is 1.87. The van der Waals surface area contributed by atoms with Crippen LogP contribution < -0.4 is 20.3 Å². The molecule has 0 aliphatic carbocycles. The van der Waals surface area contributed by atoms with E-state index in [2.05, 4.69) is 61.2 Å². The number of anilines is 2. The molecule has 0 aromatic heterocycles. The van der Waals surface area contributed by atoms with Gasteiger partial charge in [0, 0.05) is 28.9 Å². The minimum absolute atomic E-state index is 0.135. The van der Waals surface area contributed by atoms with Crippen LogP contribution in [0.5, 0.6) is 5.75 Å². The lowest BCUT2D eigenvalue weighted by Crippen LogP contribution is -2.37. The number of halogens is 2. The molecule has 5 nitrogen and oxygen atoms in total. The van der Waals surface area contributed by atoms with E-state index in [0.29, 0.717) is 5.75 Å². The van der Waals surface area contributed by atoms with Gasteiger partial charge in [0.15, 0.2) is 11.7 Å². The first-order valence-corrected chi connectivity index (χ1v) is 10.9. The van der Waals surface area contributed by atoms with E-state index >= 15 is 0 Å². The van der Waals surface area contributed by atoms with Gasteiger partial charge < -0.3 is 15.0 Å². The molecule has 0 atom stereocenters. The van der Waals surface area contributed by atoms with Crippen LogP contribution in [0.2, 0.25) is 0 Å². The summed E-state index contributed by atoms with van der Waals surface area (Å²) in [7, 11) is 0. The van der Waals surface area contributed by atoms with Gasteiger partial charge in [0.05, 0.1) is 4.47 Å². The van der Waals surface area contributed by atoms with Crippen molar-refractivity contribution in [1.82, 2.24) is 5.32 Å². The number of amides is 1. The highest BCUT2D eigenvalue weighted by atomic mass is 79.9. The Morgan fingerprint density at radius 2 is 1.79 bits per heavy atom. The summed E-state index contributed by atoms with van der Waals surface area (Å²) in [6.45, 7) is 7.92. The number of rotatable bonds is 7. The van der Waals surface area contributed by atoms with E-state index in [9.17, 15) is 4.79 Å². The molecule has 2 N–H and O–H groups in total. The summed E-state index contributed by atoms with van der Waals surface area (Å²) in [6.07, 6.45) is 0. The van der Waals surface area contributed by atoms with Crippen LogP contribution in [0.1, 0.15) is 19.4 Å². The third-order valence-corrected chi connectivity index (χ3v) is 5.30. The van der Waals surface area contributed by atoms with E-state index < -0.39 is 0 Å². The fourth-order valence-electron chi connectivity index (χ4n) is 2.68. The molecule has 0 fully saturated rings. The van der Waals surface area contributed by atoms with Gasteiger partial charge in [0.1, 0.15) is 5.75 Å². The van der Waals surface area contributed by atoms with Crippen LogP contribution in [0.4, 0.5) is 11.4 Å². The zero-order valence-electron chi connectivity index (χ0n) is 16.0. The van der Waals surface area contributed by atoms with E-state index in [-0.39, 0.29) is 17.6 Å². The molecule has 0 saturated carbocycles. The first kappa shape index (κ1) is 22.6. The minimum Gasteiger partial charge on any atom is -0.482 e. The number of aryl methyl sites for hydroxylation is 1. The second-order valence-corrected chi connectivity index (χ2v) is 8.22. The van der Waals surface area contributed by atoms with Gasteiger partial charge in [0.2, 0.25) is 0 Å². The van der Waals surface area contributed by atoms with Crippen molar-refractivity contribution in [3.63, 3.8) is 0 Å². The van der Waals surface area contributed by atoms with Crippen molar-refractivity contribution in [3.05, 3.63) is 50.9 Å². The van der Waals surface area contributed by atoms with Gasteiger partial charge in [-0.3, -0.25) is 10.1 Å². The van der Waals surface area contributed by atoms with Crippen molar-refractivity contribution < 1.29 is 9.53 Å². The molecular weight excluding hydrogens is 506 g/mol. The van der Waals surface area contributed by atoms with Gasteiger partial charge in [-0.2, -0.15) is 0 Å². The summed E-state index contributed by atoms with van der Waals surface area (Å²) in [5.74, 6) is 0.302.